The molecule has 70 valence electrons. The SMILES string of the molecule is CC(C)C(=O)NC(CN)C1CC1. The fourth-order valence-electron chi connectivity index (χ4n) is 1.22. The summed E-state index contributed by atoms with van der Waals surface area (Å²) >= 11 is 0. The van der Waals surface area contributed by atoms with Crippen LogP contribution in [0.5, 0.6) is 0 Å². The van der Waals surface area contributed by atoms with Crippen molar-refractivity contribution in [1.29, 1.82) is 0 Å². The summed E-state index contributed by atoms with van der Waals surface area (Å²) in [5.41, 5.74) is 5.55. The summed E-state index contributed by atoms with van der Waals surface area (Å²) in [6.45, 7) is 4.37. The molecule has 0 spiro atoms. The number of nitrogens with two attached hydrogens (primary N) is 1. The highest BCUT2D eigenvalue weighted by atomic mass is 16.1. The first-order valence-corrected chi connectivity index (χ1v) is 4.65. The van der Waals surface area contributed by atoms with E-state index in [1.54, 1.807) is 0 Å². The molecule has 0 bridgehead atoms. The number of nitrogens with one attached hydrogen (secondary N) is 1. The summed E-state index contributed by atoms with van der Waals surface area (Å²) in [6, 6.07) is 0.222. The molecule has 0 heterocycles. The predicted molar refractivity (Wildman–Crippen MR) is 48.5 cm³/mol. The standard InChI is InChI=1S/C9H18N2O/c1-6(2)9(12)11-8(5-10)7-3-4-7/h6-8H,3-5,10H2,1-2H3,(H,11,12). The molecule has 1 atom stereocenters. The van der Waals surface area contributed by atoms with E-state index in [1.807, 2.05) is 13.8 Å². The van der Waals surface area contributed by atoms with Crippen molar-refractivity contribution in [1.82, 2.24) is 5.32 Å². The fraction of sp³-hybridized carbons (Fsp3) is 0.889. The lowest BCUT2D eigenvalue weighted by atomic mass is 10.1. The van der Waals surface area contributed by atoms with Crippen LogP contribution in [0, 0.1) is 11.8 Å². The molecule has 1 fully saturated rings. The lowest BCUT2D eigenvalue weighted by Crippen LogP contribution is -2.43. The van der Waals surface area contributed by atoms with Crippen molar-refractivity contribution in [2.45, 2.75) is 32.7 Å². The zero-order valence-corrected chi connectivity index (χ0v) is 7.84. The first kappa shape index (κ1) is 9.52. The molecule has 0 aromatic rings. The highest BCUT2D eigenvalue weighted by Crippen LogP contribution is 2.32. The van der Waals surface area contributed by atoms with E-state index in [0.717, 1.165) is 0 Å². The molecule has 1 saturated carbocycles. The monoisotopic (exact) mass is 170 g/mol. The van der Waals surface area contributed by atoms with Gasteiger partial charge in [-0.2, -0.15) is 0 Å². The van der Waals surface area contributed by atoms with Crippen molar-refractivity contribution in [2.75, 3.05) is 6.54 Å². The van der Waals surface area contributed by atoms with Crippen LogP contribution in [0.15, 0.2) is 0 Å². The van der Waals surface area contributed by atoms with Gasteiger partial charge in [0.1, 0.15) is 0 Å². The Morgan fingerprint density at radius 2 is 2.17 bits per heavy atom. The molecule has 0 aliphatic heterocycles. The van der Waals surface area contributed by atoms with Crippen molar-refractivity contribution in [3.63, 3.8) is 0 Å². The number of hydrogen-bond donors (Lipinski definition) is 2. The minimum Gasteiger partial charge on any atom is -0.352 e. The molecule has 0 aromatic carbocycles. The van der Waals surface area contributed by atoms with Gasteiger partial charge in [-0.1, -0.05) is 13.8 Å². The topological polar surface area (TPSA) is 55.1 Å². The lowest BCUT2D eigenvalue weighted by Gasteiger charge is -2.17. The van der Waals surface area contributed by atoms with Crippen LogP contribution >= 0.6 is 0 Å². The third kappa shape index (κ3) is 2.48. The van der Waals surface area contributed by atoms with Gasteiger partial charge in [-0.3, -0.25) is 4.79 Å². The Morgan fingerprint density at radius 3 is 2.50 bits per heavy atom. The summed E-state index contributed by atoms with van der Waals surface area (Å²) in [4.78, 5) is 11.3. The number of hydrogen-bond acceptors (Lipinski definition) is 2. The maximum Gasteiger partial charge on any atom is 0.222 e. The third-order valence-electron chi connectivity index (χ3n) is 2.30. The Balaban J connectivity index is 2.31. The van der Waals surface area contributed by atoms with E-state index in [-0.39, 0.29) is 17.9 Å². The van der Waals surface area contributed by atoms with Gasteiger partial charge in [0, 0.05) is 18.5 Å². The van der Waals surface area contributed by atoms with Crippen LogP contribution in [0.1, 0.15) is 26.7 Å². The van der Waals surface area contributed by atoms with Crippen molar-refractivity contribution in [2.24, 2.45) is 17.6 Å². The number of rotatable bonds is 4. The number of carbonyl (C=O) groups excluding carboxylic acids is 1. The van der Waals surface area contributed by atoms with E-state index in [9.17, 15) is 4.79 Å². The lowest BCUT2D eigenvalue weighted by molar-refractivity contribution is -0.124. The van der Waals surface area contributed by atoms with Crippen LogP contribution in [0.4, 0.5) is 0 Å². The van der Waals surface area contributed by atoms with Gasteiger partial charge in [0.25, 0.3) is 0 Å². The average molecular weight is 170 g/mol. The van der Waals surface area contributed by atoms with E-state index >= 15 is 0 Å². The first-order chi connectivity index (χ1) is 5.65. The van der Waals surface area contributed by atoms with Crippen molar-refractivity contribution in [3.8, 4) is 0 Å². The van der Waals surface area contributed by atoms with Gasteiger partial charge in [0.2, 0.25) is 5.91 Å². The van der Waals surface area contributed by atoms with E-state index in [4.69, 9.17) is 5.73 Å². The smallest absolute Gasteiger partial charge is 0.222 e. The number of amides is 1. The average Bonchev–Trinajstić information content (AvgIpc) is 2.82. The summed E-state index contributed by atoms with van der Waals surface area (Å²) in [5.74, 6) is 0.841. The summed E-state index contributed by atoms with van der Waals surface area (Å²) < 4.78 is 0. The zero-order chi connectivity index (χ0) is 9.14. The highest BCUT2D eigenvalue weighted by molar-refractivity contribution is 5.78. The van der Waals surface area contributed by atoms with Crippen molar-refractivity contribution < 1.29 is 4.79 Å². The Hall–Kier alpha value is -0.570. The van der Waals surface area contributed by atoms with Gasteiger partial charge in [0.05, 0.1) is 0 Å². The first-order valence-electron chi connectivity index (χ1n) is 4.65. The Morgan fingerprint density at radius 1 is 1.58 bits per heavy atom. The summed E-state index contributed by atoms with van der Waals surface area (Å²) in [5, 5.41) is 2.96. The Kier molecular flexibility index (Phi) is 3.09. The Bertz CT molecular complexity index is 164. The largest absolute Gasteiger partial charge is 0.352 e. The highest BCUT2D eigenvalue weighted by Gasteiger charge is 2.31. The van der Waals surface area contributed by atoms with E-state index in [1.165, 1.54) is 12.8 Å². The second kappa shape index (κ2) is 3.90. The van der Waals surface area contributed by atoms with Crippen LogP contribution in [0.2, 0.25) is 0 Å². The van der Waals surface area contributed by atoms with Crippen LogP contribution in [-0.4, -0.2) is 18.5 Å². The summed E-state index contributed by atoms with van der Waals surface area (Å²) in [7, 11) is 0. The Labute approximate surface area is 73.7 Å². The summed E-state index contributed by atoms with van der Waals surface area (Å²) in [6.07, 6.45) is 2.44. The number of carbonyl (C=O) groups is 1. The predicted octanol–water partition coefficient (Wildman–Crippen LogP) is 0.496. The van der Waals surface area contributed by atoms with Gasteiger partial charge in [-0.05, 0) is 18.8 Å². The van der Waals surface area contributed by atoms with Gasteiger partial charge in [-0.25, -0.2) is 0 Å². The molecule has 1 unspecified atom stereocenters. The molecule has 12 heavy (non-hydrogen) atoms. The quantitative estimate of drug-likeness (QED) is 0.645. The molecular weight excluding hydrogens is 152 g/mol. The van der Waals surface area contributed by atoms with E-state index in [0.29, 0.717) is 12.5 Å². The molecular formula is C9H18N2O. The van der Waals surface area contributed by atoms with Crippen LogP contribution in [0.3, 0.4) is 0 Å². The van der Waals surface area contributed by atoms with Crippen LogP contribution in [0.25, 0.3) is 0 Å². The maximum atomic E-state index is 11.3. The van der Waals surface area contributed by atoms with Gasteiger partial charge in [0.15, 0.2) is 0 Å². The second-order valence-electron chi connectivity index (χ2n) is 3.84. The molecule has 1 aliphatic rings. The molecule has 3 heteroatoms. The molecule has 3 nitrogen and oxygen atoms in total. The van der Waals surface area contributed by atoms with Crippen molar-refractivity contribution >= 4 is 5.91 Å². The molecule has 1 rings (SSSR count). The molecule has 0 saturated heterocycles. The minimum absolute atomic E-state index is 0.0674. The minimum atomic E-state index is 0.0674. The zero-order valence-electron chi connectivity index (χ0n) is 7.84. The normalized spacial score (nSPS) is 19.3. The molecule has 1 aliphatic carbocycles. The molecule has 1 amide bonds. The van der Waals surface area contributed by atoms with Crippen molar-refractivity contribution in [3.05, 3.63) is 0 Å². The van der Waals surface area contributed by atoms with Gasteiger partial charge >= 0.3 is 0 Å². The van der Waals surface area contributed by atoms with Crippen LogP contribution in [-0.2, 0) is 4.79 Å². The third-order valence-corrected chi connectivity index (χ3v) is 2.30. The second-order valence-corrected chi connectivity index (χ2v) is 3.84. The van der Waals surface area contributed by atoms with Gasteiger partial charge in [-0.15, -0.1) is 0 Å². The van der Waals surface area contributed by atoms with E-state index < -0.39 is 0 Å². The molecule has 3 N–H and O–H groups in total. The molecule has 0 radical (unpaired) electrons. The van der Waals surface area contributed by atoms with Gasteiger partial charge < -0.3 is 11.1 Å². The molecule has 0 aromatic heterocycles. The van der Waals surface area contributed by atoms with Crippen LogP contribution < -0.4 is 11.1 Å². The maximum absolute atomic E-state index is 11.3. The fourth-order valence-corrected chi connectivity index (χ4v) is 1.22. The van der Waals surface area contributed by atoms with E-state index in [2.05, 4.69) is 5.32 Å².